The number of hydrogen-bond donors (Lipinski definition) is 2. The highest BCUT2D eigenvalue weighted by Crippen LogP contribution is 2.22. The summed E-state index contributed by atoms with van der Waals surface area (Å²) in [5.41, 5.74) is 9.65. The molecule has 2 unspecified atom stereocenters. The highest BCUT2D eigenvalue weighted by molar-refractivity contribution is 5.82. The number of hydrazine groups is 1. The van der Waals surface area contributed by atoms with Gasteiger partial charge in [-0.1, -0.05) is 54.6 Å². The lowest BCUT2D eigenvalue weighted by molar-refractivity contribution is -0.154. The molecule has 0 radical (unpaired) electrons. The molecule has 0 bridgehead atoms. The van der Waals surface area contributed by atoms with Crippen molar-refractivity contribution in [3.05, 3.63) is 71.3 Å². The van der Waals surface area contributed by atoms with Crippen molar-refractivity contribution in [2.24, 2.45) is 0 Å². The molecule has 1 amide bonds. The van der Waals surface area contributed by atoms with Crippen LogP contribution < -0.4 is 10.9 Å². The largest absolute Gasteiger partial charge is 0.454 e. The number of amides is 1. The van der Waals surface area contributed by atoms with Crippen LogP contribution in [-0.2, 0) is 27.3 Å². The maximum absolute atomic E-state index is 12.4. The van der Waals surface area contributed by atoms with Crippen molar-refractivity contribution >= 4 is 11.9 Å². The molecule has 27 heavy (non-hydrogen) atoms. The predicted octanol–water partition coefficient (Wildman–Crippen LogP) is 1.72. The standard InChI is InChI=1S/C21H23N3O3/c25-20(24-11-10-15-6-4-5-9-17(15)13-24)14-27-21(26)19-12-18(22-23-19)16-7-2-1-3-8-16/h1-9,18-19,22-23H,10-14H2. The molecule has 0 aliphatic carbocycles. The Morgan fingerprint density at radius 1 is 1.00 bits per heavy atom. The van der Waals surface area contributed by atoms with Crippen LogP contribution in [0.2, 0.25) is 0 Å². The molecule has 2 aromatic rings. The lowest BCUT2D eigenvalue weighted by atomic mass is 10.00. The zero-order valence-corrected chi connectivity index (χ0v) is 15.1. The van der Waals surface area contributed by atoms with Crippen LogP contribution in [0.5, 0.6) is 0 Å². The van der Waals surface area contributed by atoms with E-state index < -0.39 is 12.0 Å². The molecule has 140 valence electrons. The molecule has 0 saturated carbocycles. The van der Waals surface area contributed by atoms with E-state index in [0.29, 0.717) is 19.5 Å². The Hall–Kier alpha value is -2.70. The first-order valence-electron chi connectivity index (χ1n) is 9.28. The smallest absolute Gasteiger partial charge is 0.325 e. The van der Waals surface area contributed by atoms with Gasteiger partial charge in [-0.2, -0.15) is 0 Å². The van der Waals surface area contributed by atoms with Crippen LogP contribution in [0.3, 0.4) is 0 Å². The van der Waals surface area contributed by atoms with Gasteiger partial charge in [-0.15, -0.1) is 0 Å². The zero-order chi connectivity index (χ0) is 18.6. The quantitative estimate of drug-likeness (QED) is 0.808. The summed E-state index contributed by atoms with van der Waals surface area (Å²) in [6.07, 6.45) is 1.43. The number of fused-ring (bicyclic) bond motifs is 1. The van der Waals surface area contributed by atoms with Crippen molar-refractivity contribution in [3.8, 4) is 0 Å². The SMILES string of the molecule is O=C(OCC(=O)N1CCc2ccccc2C1)C1CC(c2ccccc2)NN1. The fourth-order valence-corrected chi connectivity index (χ4v) is 3.65. The molecule has 6 nitrogen and oxygen atoms in total. The first-order valence-corrected chi connectivity index (χ1v) is 9.28. The lowest BCUT2D eigenvalue weighted by Gasteiger charge is -2.28. The summed E-state index contributed by atoms with van der Waals surface area (Å²) < 4.78 is 5.28. The monoisotopic (exact) mass is 365 g/mol. The summed E-state index contributed by atoms with van der Waals surface area (Å²) in [5, 5.41) is 0. The van der Waals surface area contributed by atoms with E-state index in [9.17, 15) is 9.59 Å². The Bertz CT molecular complexity index is 824. The van der Waals surface area contributed by atoms with Gasteiger partial charge < -0.3 is 9.64 Å². The number of ether oxygens (including phenoxy) is 1. The molecule has 2 aliphatic heterocycles. The minimum Gasteiger partial charge on any atom is -0.454 e. The number of esters is 1. The predicted molar refractivity (Wildman–Crippen MR) is 100 cm³/mol. The highest BCUT2D eigenvalue weighted by atomic mass is 16.5. The van der Waals surface area contributed by atoms with Crippen LogP contribution in [-0.4, -0.2) is 36.0 Å². The number of carbonyl (C=O) groups is 2. The van der Waals surface area contributed by atoms with Gasteiger partial charge in [0.25, 0.3) is 5.91 Å². The second-order valence-electron chi connectivity index (χ2n) is 6.98. The number of nitrogens with one attached hydrogen (secondary N) is 2. The van der Waals surface area contributed by atoms with Gasteiger partial charge in [0.1, 0.15) is 6.04 Å². The lowest BCUT2D eigenvalue weighted by Crippen LogP contribution is -2.41. The van der Waals surface area contributed by atoms with E-state index >= 15 is 0 Å². The second kappa shape index (κ2) is 7.90. The van der Waals surface area contributed by atoms with Crippen LogP contribution in [0.15, 0.2) is 54.6 Å². The number of carbonyl (C=O) groups excluding carboxylic acids is 2. The summed E-state index contributed by atoms with van der Waals surface area (Å²) in [6.45, 7) is 1.02. The Balaban J connectivity index is 1.27. The van der Waals surface area contributed by atoms with Gasteiger partial charge in [0.05, 0.1) is 0 Å². The van der Waals surface area contributed by atoms with E-state index in [1.54, 1.807) is 4.90 Å². The third kappa shape index (κ3) is 4.02. The van der Waals surface area contributed by atoms with Crippen molar-refractivity contribution < 1.29 is 14.3 Å². The molecular weight excluding hydrogens is 342 g/mol. The Kier molecular flexibility index (Phi) is 5.18. The van der Waals surface area contributed by atoms with Crippen LogP contribution in [0.25, 0.3) is 0 Å². The third-order valence-corrected chi connectivity index (χ3v) is 5.21. The molecule has 1 saturated heterocycles. The first kappa shape index (κ1) is 17.7. The molecule has 2 N–H and O–H groups in total. The molecule has 0 spiro atoms. The maximum Gasteiger partial charge on any atom is 0.325 e. The van der Waals surface area contributed by atoms with E-state index in [2.05, 4.69) is 16.9 Å². The van der Waals surface area contributed by atoms with Gasteiger partial charge in [-0.3, -0.25) is 9.59 Å². The summed E-state index contributed by atoms with van der Waals surface area (Å²) in [5.74, 6) is -0.546. The van der Waals surface area contributed by atoms with E-state index in [1.807, 2.05) is 48.5 Å². The second-order valence-corrected chi connectivity index (χ2v) is 6.98. The van der Waals surface area contributed by atoms with E-state index in [0.717, 1.165) is 17.5 Å². The molecule has 2 heterocycles. The average Bonchev–Trinajstić information content (AvgIpc) is 3.22. The maximum atomic E-state index is 12.4. The summed E-state index contributed by atoms with van der Waals surface area (Å²) in [7, 11) is 0. The topological polar surface area (TPSA) is 70.7 Å². The fourth-order valence-electron chi connectivity index (χ4n) is 3.65. The zero-order valence-electron chi connectivity index (χ0n) is 15.1. The van der Waals surface area contributed by atoms with Crippen molar-refractivity contribution in [1.82, 2.24) is 15.8 Å². The number of nitrogens with zero attached hydrogens (tertiary/aromatic N) is 1. The minimum absolute atomic E-state index is 0.0537. The molecular formula is C21H23N3O3. The van der Waals surface area contributed by atoms with Gasteiger partial charge in [0.2, 0.25) is 0 Å². The molecule has 1 fully saturated rings. The van der Waals surface area contributed by atoms with Crippen molar-refractivity contribution in [2.75, 3.05) is 13.2 Å². The summed E-state index contributed by atoms with van der Waals surface area (Å²) in [6, 6.07) is 17.7. The molecule has 4 rings (SSSR count). The number of rotatable bonds is 4. The molecule has 2 atom stereocenters. The van der Waals surface area contributed by atoms with E-state index in [4.69, 9.17) is 4.74 Å². The first-order chi connectivity index (χ1) is 13.2. The third-order valence-electron chi connectivity index (χ3n) is 5.21. The van der Waals surface area contributed by atoms with E-state index in [1.165, 1.54) is 5.56 Å². The van der Waals surface area contributed by atoms with Crippen molar-refractivity contribution in [1.29, 1.82) is 0 Å². The molecule has 2 aromatic carbocycles. The number of benzene rings is 2. The Morgan fingerprint density at radius 2 is 1.74 bits per heavy atom. The van der Waals surface area contributed by atoms with Crippen molar-refractivity contribution in [3.63, 3.8) is 0 Å². The summed E-state index contributed by atoms with van der Waals surface area (Å²) >= 11 is 0. The molecule has 0 aromatic heterocycles. The Labute approximate surface area is 158 Å². The normalized spacial score (nSPS) is 21.6. The van der Waals surface area contributed by atoms with Gasteiger partial charge in [-0.25, -0.2) is 10.9 Å². The fraction of sp³-hybridized carbons (Fsp3) is 0.333. The number of hydrogen-bond acceptors (Lipinski definition) is 5. The van der Waals surface area contributed by atoms with Gasteiger partial charge in [0.15, 0.2) is 6.61 Å². The minimum atomic E-state index is -0.454. The van der Waals surface area contributed by atoms with Gasteiger partial charge >= 0.3 is 5.97 Å². The van der Waals surface area contributed by atoms with Crippen LogP contribution in [0.1, 0.15) is 29.2 Å². The highest BCUT2D eigenvalue weighted by Gasteiger charge is 2.32. The average molecular weight is 365 g/mol. The molecule has 2 aliphatic rings. The van der Waals surface area contributed by atoms with Gasteiger partial charge in [-0.05, 0) is 29.5 Å². The van der Waals surface area contributed by atoms with Crippen LogP contribution >= 0.6 is 0 Å². The van der Waals surface area contributed by atoms with E-state index in [-0.39, 0.29) is 18.6 Å². The summed E-state index contributed by atoms with van der Waals surface area (Å²) in [4.78, 5) is 26.5. The Morgan fingerprint density at radius 3 is 2.56 bits per heavy atom. The molecule has 6 heteroatoms. The van der Waals surface area contributed by atoms with Gasteiger partial charge in [0, 0.05) is 19.1 Å². The van der Waals surface area contributed by atoms with Crippen molar-refractivity contribution in [2.45, 2.75) is 31.5 Å². The van der Waals surface area contributed by atoms with Crippen LogP contribution in [0.4, 0.5) is 0 Å². The van der Waals surface area contributed by atoms with Crippen LogP contribution in [0, 0.1) is 0 Å².